The van der Waals surface area contributed by atoms with Crippen LogP contribution < -0.4 is 0 Å². The van der Waals surface area contributed by atoms with Crippen molar-refractivity contribution in [1.29, 1.82) is 0 Å². The second-order valence-corrected chi connectivity index (χ2v) is 8.24. The van der Waals surface area contributed by atoms with Gasteiger partial charge in [0.15, 0.2) is 0 Å². The molecule has 0 unspecified atom stereocenters. The smallest absolute Gasteiger partial charge is 0.0715 e. The molecule has 32 heavy (non-hydrogen) atoms. The fourth-order valence-electron chi connectivity index (χ4n) is 5.14. The molecule has 7 rings (SSSR count). The fraction of sp³-hybridized carbons (Fsp3) is 0. The van der Waals surface area contributed by atoms with Gasteiger partial charge in [-0.2, -0.15) is 0 Å². The van der Waals surface area contributed by atoms with Crippen LogP contribution in [0.1, 0.15) is 0 Å². The molecule has 0 atom stereocenters. The Morgan fingerprint density at radius 1 is 0.438 bits per heavy atom. The number of hydrogen-bond acceptors (Lipinski definition) is 2. The largest absolute Gasteiger partial charge is 0.265 e. The minimum atomic E-state index is 0.959. The first-order valence-corrected chi connectivity index (χ1v) is 10.8. The van der Waals surface area contributed by atoms with Crippen LogP contribution in [0.3, 0.4) is 0 Å². The van der Waals surface area contributed by atoms with Crippen LogP contribution in [-0.4, -0.2) is 9.97 Å². The summed E-state index contributed by atoms with van der Waals surface area (Å²) in [5.41, 5.74) is 4.18. The van der Waals surface area contributed by atoms with Crippen molar-refractivity contribution in [2.45, 2.75) is 0 Å². The molecule has 0 fully saturated rings. The highest BCUT2D eigenvalue weighted by molar-refractivity contribution is 6.34. The third-order valence-corrected chi connectivity index (χ3v) is 6.53. The Morgan fingerprint density at radius 2 is 1.03 bits per heavy atom. The molecule has 0 saturated carbocycles. The first-order valence-electron chi connectivity index (χ1n) is 10.8. The molecule has 0 aliphatic rings. The summed E-state index contributed by atoms with van der Waals surface area (Å²) >= 11 is 0. The zero-order chi connectivity index (χ0) is 21.1. The zero-order valence-electron chi connectivity index (χ0n) is 17.3. The monoisotopic (exact) mass is 406 g/mol. The Kier molecular flexibility index (Phi) is 3.58. The number of nitrogens with zero attached hydrogens (tertiary/aromatic N) is 2. The van der Waals surface area contributed by atoms with Gasteiger partial charge in [-0.1, -0.05) is 72.8 Å². The van der Waals surface area contributed by atoms with Crippen molar-refractivity contribution in [1.82, 2.24) is 9.97 Å². The lowest BCUT2D eigenvalue weighted by atomic mass is 9.88. The molecule has 2 heterocycles. The molecule has 2 nitrogen and oxygen atoms in total. The minimum Gasteiger partial charge on any atom is -0.265 e. The molecule has 7 aromatic rings. The quantitative estimate of drug-likeness (QED) is 0.216. The molecule has 0 amide bonds. The lowest BCUT2D eigenvalue weighted by Crippen LogP contribution is -1.91. The summed E-state index contributed by atoms with van der Waals surface area (Å²) in [6, 6.07) is 34.6. The average Bonchev–Trinajstić information content (AvgIpc) is 2.87. The average molecular weight is 406 g/mol. The molecule has 148 valence electrons. The number of hydrogen-bond donors (Lipinski definition) is 0. The van der Waals surface area contributed by atoms with Crippen LogP contribution in [-0.2, 0) is 0 Å². The van der Waals surface area contributed by atoms with Gasteiger partial charge in [0.05, 0.1) is 11.4 Å². The van der Waals surface area contributed by atoms with Gasteiger partial charge in [0.2, 0.25) is 0 Å². The highest BCUT2D eigenvalue weighted by atomic mass is 14.7. The fourth-order valence-corrected chi connectivity index (χ4v) is 5.14. The van der Waals surface area contributed by atoms with E-state index in [0.29, 0.717) is 0 Å². The van der Waals surface area contributed by atoms with Gasteiger partial charge >= 0.3 is 0 Å². The van der Waals surface area contributed by atoms with E-state index in [9.17, 15) is 0 Å². The van der Waals surface area contributed by atoms with Crippen LogP contribution in [0.15, 0.2) is 109 Å². The maximum atomic E-state index is 5.02. The van der Waals surface area contributed by atoms with Crippen LogP contribution in [0, 0.1) is 0 Å². The number of rotatable bonds is 2. The predicted molar refractivity (Wildman–Crippen MR) is 134 cm³/mol. The summed E-state index contributed by atoms with van der Waals surface area (Å²) in [7, 11) is 0. The van der Waals surface area contributed by atoms with Crippen molar-refractivity contribution >= 4 is 43.1 Å². The van der Waals surface area contributed by atoms with Crippen molar-refractivity contribution in [3.05, 3.63) is 109 Å². The Morgan fingerprint density at radius 3 is 1.81 bits per heavy atom. The summed E-state index contributed by atoms with van der Waals surface area (Å²) in [4.78, 5) is 9.16. The molecule has 0 saturated heterocycles. The van der Waals surface area contributed by atoms with Gasteiger partial charge in [-0.3, -0.25) is 4.98 Å². The van der Waals surface area contributed by atoms with Crippen molar-refractivity contribution in [3.8, 4) is 22.5 Å². The molecule has 0 aliphatic heterocycles. The second-order valence-electron chi connectivity index (χ2n) is 8.24. The second kappa shape index (κ2) is 6.60. The molecule has 5 aromatic carbocycles. The third kappa shape index (κ3) is 2.41. The molecule has 0 N–H and O–H groups in total. The van der Waals surface area contributed by atoms with E-state index in [1.165, 1.54) is 43.1 Å². The molecular formula is C30H18N2. The van der Waals surface area contributed by atoms with Gasteiger partial charge in [0, 0.05) is 23.5 Å². The molecule has 0 spiro atoms. The van der Waals surface area contributed by atoms with E-state index < -0.39 is 0 Å². The lowest BCUT2D eigenvalue weighted by Gasteiger charge is -2.16. The standard InChI is InChI=1S/C30H18N2/c1-5-20-6-2-8-24-26-14-13-21(22-9-3-10-25(30(22)26)23(7-1)29(20)24)28-12-4-11-27(32-28)19-15-17-31-18-16-19/h1-18H. The SMILES string of the molecule is c1cc(-c2ccncc2)nc(-c2ccc3c4cccc5cccc(c6cccc2c63)c54)c1. The van der Waals surface area contributed by atoms with Crippen LogP contribution in [0.25, 0.3) is 65.6 Å². The van der Waals surface area contributed by atoms with Gasteiger partial charge in [0.1, 0.15) is 0 Å². The lowest BCUT2D eigenvalue weighted by molar-refractivity contribution is 1.29. The minimum absolute atomic E-state index is 0.959. The van der Waals surface area contributed by atoms with E-state index in [-0.39, 0.29) is 0 Å². The van der Waals surface area contributed by atoms with Crippen molar-refractivity contribution in [2.75, 3.05) is 0 Å². The van der Waals surface area contributed by atoms with Crippen LogP contribution in [0.4, 0.5) is 0 Å². The Bertz CT molecular complexity index is 1720. The maximum Gasteiger partial charge on any atom is 0.0715 e. The molecule has 0 radical (unpaired) electrons. The van der Waals surface area contributed by atoms with Gasteiger partial charge < -0.3 is 0 Å². The van der Waals surface area contributed by atoms with Crippen molar-refractivity contribution in [2.24, 2.45) is 0 Å². The molecular weight excluding hydrogens is 388 g/mol. The van der Waals surface area contributed by atoms with Gasteiger partial charge in [-0.05, 0) is 67.4 Å². The van der Waals surface area contributed by atoms with Crippen LogP contribution >= 0.6 is 0 Å². The Balaban J connectivity index is 1.58. The Hall–Kier alpha value is -4.30. The maximum absolute atomic E-state index is 5.02. The topological polar surface area (TPSA) is 25.8 Å². The summed E-state index contributed by atoms with van der Waals surface area (Å²) < 4.78 is 0. The van der Waals surface area contributed by atoms with E-state index in [2.05, 4.69) is 89.9 Å². The number of pyridine rings is 2. The first-order chi connectivity index (χ1) is 15.9. The predicted octanol–water partition coefficient (Wildman–Crippen LogP) is 7.86. The summed E-state index contributed by atoms with van der Waals surface area (Å²) in [5, 5.41) is 10.4. The van der Waals surface area contributed by atoms with Gasteiger partial charge in [0.25, 0.3) is 0 Å². The normalized spacial score (nSPS) is 11.8. The Labute approximate surface area is 185 Å². The highest BCUT2D eigenvalue weighted by Gasteiger charge is 2.15. The van der Waals surface area contributed by atoms with E-state index in [1.807, 2.05) is 24.5 Å². The molecule has 2 aromatic heterocycles. The summed E-state index contributed by atoms with van der Waals surface area (Å²) in [6.45, 7) is 0. The van der Waals surface area contributed by atoms with E-state index in [1.54, 1.807) is 0 Å². The van der Waals surface area contributed by atoms with Gasteiger partial charge in [-0.25, -0.2) is 4.98 Å². The number of fused-ring (bicyclic) bond motifs is 2. The molecule has 0 aliphatic carbocycles. The van der Waals surface area contributed by atoms with Gasteiger partial charge in [-0.15, -0.1) is 0 Å². The summed E-state index contributed by atoms with van der Waals surface area (Å²) in [6.07, 6.45) is 3.62. The van der Waals surface area contributed by atoms with Crippen LogP contribution in [0.2, 0.25) is 0 Å². The summed E-state index contributed by atoms with van der Waals surface area (Å²) in [5.74, 6) is 0. The van der Waals surface area contributed by atoms with E-state index >= 15 is 0 Å². The van der Waals surface area contributed by atoms with E-state index in [0.717, 1.165) is 22.5 Å². The highest BCUT2D eigenvalue weighted by Crippen LogP contribution is 2.42. The zero-order valence-corrected chi connectivity index (χ0v) is 17.3. The number of benzene rings is 5. The van der Waals surface area contributed by atoms with Crippen molar-refractivity contribution in [3.63, 3.8) is 0 Å². The van der Waals surface area contributed by atoms with Crippen molar-refractivity contribution < 1.29 is 0 Å². The molecule has 0 bridgehead atoms. The first kappa shape index (κ1) is 17.4. The third-order valence-electron chi connectivity index (χ3n) is 6.53. The van der Waals surface area contributed by atoms with Crippen LogP contribution in [0.5, 0.6) is 0 Å². The van der Waals surface area contributed by atoms with E-state index in [4.69, 9.17) is 4.98 Å². The molecule has 2 heteroatoms. The number of aromatic nitrogens is 2.